The van der Waals surface area contributed by atoms with Crippen LogP contribution in [0, 0.1) is 5.82 Å². The molecular weight excluding hydrogens is 280 g/mol. The van der Waals surface area contributed by atoms with E-state index in [9.17, 15) is 17.6 Å². The molecule has 0 saturated heterocycles. The first-order valence-electron chi connectivity index (χ1n) is 4.48. The fourth-order valence-electron chi connectivity index (χ4n) is 1.07. The maximum atomic E-state index is 13.0. The third kappa shape index (κ3) is 4.91. The number of halogens is 5. The molecule has 1 aromatic rings. The monoisotopic (exact) mass is 288 g/mol. The van der Waals surface area contributed by atoms with Crippen LogP contribution in [0.3, 0.4) is 0 Å². The van der Waals surface area contributed by atoms with Crippen LogP contribution in [0.1, 0.15) is 0 Å². The summed E-state index contributed by atoms with van der Waals surface area (Å²) < 4.78 is 48.5. The van der Waals surface area contributed by atoms with Gasteiger partial charge in [0, 0.05) is 18.4 Å². The van der Waals surface area contributed by atoms with E-state index in [-0.39, 0.29) is 40.5 Å². The molecule has 8 heteroatoms. The van der Waals surface area contributed by atoms with E-state index in [0.29, 0.717) is 0 Å². The average Bonchev–Trinajstić information content (AvgIpc) is 2.18. The van der Waals surface area contributed by atoms with Crippen molar-refractivity contribution in [1.82, 2.24) is 0 Å². The van der Waals surface area contributed by atoms with Gasteiger partial charge in [0.25, 0.3) is 0 Å². The van der Waals surface area contributed by atoms with Gasteiger partial charge in [0.15, 0.2) is 0 Å². The second-order valence-electron chi connectivity index (χ2n) is 3.07. The molecule has 96 valence electrons. The van der Waals surface area contributed by atoms with Crippen molar-refractivity contribution < 1.29 is 17.6 Å². The van der Waals surface area contributed by atoms with Gasteiger partial charge in [-0.3, -0.25) is 0 Å². The molecule has 0 aliphatic rings. The number of nitrogens with two attached hydrogens (primary N) is 1. The zero-order chi connectivity index (χ0) is 13.1. The highest BCUT2D eigenvalue weighted by molar-refractivity contribution is 8.00. The van der Waals surface area contributed by atoms with E-state index in [1.807, 2.05) is 0 Å². The normalized spacial score (nSPS) is 11.6. The molecule has 1 aromatic carbocycles. The van der Waals surface area contributed by atoms with Gasteiger partial charge in [0.1, 0.15) is 5.82 Å². The summed E-state index contributed by atoms with van der Waals surface area (Å²) >= 11 is 5.31. The molecular formula is C9H9ClF4N2S. The molecule has 0 amide bonds. The number of hydrogen-bond donors (Lipinski definition) is 2. The summed E-state index contributed by atoms with van der Waals surface area (Å²) in [6.07, 6.45) is 0. The van der Waals surface area contributed by atoms with Gasteiger partial charge < -0.3 is 11.1 Å². The van der Waals surface area contributed by atoms with E-state index < -0.39 is 11.3 Å². The molecule has 0 aliphatic carbocycles. The van der Waals surface area contributed by atoms with Crippen LogP contribution in [0.4, 0.5) is 28.9 Å². The Morgan fingerprint density at radius 3 is 2.59 bits per heavy atom. The van der Waals surface area contributed by atoms with E-state index in [1.165, 1.54) is 6.07 Å². The van der Waals surface area contributed by atoms with E-state index >= 15 is 0 Å². The van der Waals surface area contributed by atoms with E-state index in [2.05, 4.69) is 5.32 Å². The molecule has 0 atom stereocenters. The molecule has 0 unspecified atom stereocenters. The van der Waals surface area contributed by atoms with Crippen molar-refractivity contribution in [2.24, 2.45) is 0 Å². The number of alkyl halides is 3. The highest BCUT2D eigenvalue weighted by atomic mass is 35.5. The number of anilines is 2. The van der Waals surface area contributed by atoms with Gasteiger partial charge in [0.05, 0.1) is 16.4 Å². The predicted octanol–water partition coefficient (Wildman–Crippen LogP) is 3.73. The number of rotatable bonds is 4. The smallest absolute Gasteiger partial charge is 0.397 e. The first-order valence-corrected chi connectivity index (χ1v) is 5.85. The minimum absolute atomic E-state index is 0.0233. The number of nitrogens with one attached hydrogen (secondary N) is 1. The minimum atomic E-state index is -4.27. The Hall–Kier alpha value is -0.820. The summed E-state index contributed by atoms with van der Waals surface area (Å²) in [6.45, 7) is 0.0233. The number of nitrogen functional groups attached to an aromatic ring is 1. The highest BCUT2D eigenvalue weighted by Gasteiger charge is 2.27. The maximum absolute atomic E-state index is 13.0. The number of hydrogen-bond acceptors (Lipinski definition) is 3. The predicted molar refractivity (Wildman–Crippen MR) is 62.8 cm³/mol. The van der Waals surface area contributed by atoms with Crippen molar-refractivity contribution in [3.8, 4) is 0 Å². The maximum Gasteiger partial charge on any atom is 0.441 e. The van der Waals surface area contributed by atoms with Gasteiger partial charge in [-0.1, -0.05) is 11.6 Å². The highest BCUT2D eigenvalue weighted by Crippen LogP contribution is 2.30. The fourth-order valence-corrected chi connectivity index (χ4v) is 1.68. The first-order chi connectivity index (χ1) is 7.79. The number of thioether (sulfide) groups is 1. The van der Waals surface area contributed by atoms with Crippen molar-refractivity contribution in [3.63, 3.8) is 0 Å². The number of benzene rings is 1. The Labute approximate surface area is 105 Å². The Morgan fingerprint density at radius 2 is 2.00 bits per heavy atom. The molecule has 0 spiro atoms. The van der Waals surface area contributed by atoms with Gasteiger partial charge in [-0.05, 0) is 17.8 Å². The lowest BCUT2D eigenvalue weighted by Crippen LogP contribution is -2.10. The van der Waals surface area contributed by atoms with Crippen molar-refractivity contribution in [3.05, 3.63) is 23.0 Å². The van der Waals surface area contributed by atoms with Crippen LogP contribution in [-0.4, -0.2) is 17.8 Å². The second-order valence-corrected chi connectivity index (χ2v) is 4.64. The van der Waals surface area contributed by atoms with Gasteiger partial charge in [-0.15, -0.1) is 0 Å². The van der Waals surface area contributed by atoms with Gasteiger partial charge >= 0.3 is 5.51 Å². The van der Waals surface area contributed by atoms with Gasteiger partial charge in [-0.25, -0.2) is 4.39 Å². The molecule has 3 N–H and O–H groups in total. The van der Waals surface area contributed by atoms with Gasteiger partial charge in [-0.2, -0.15) is 13.2 Å². The zero-order valence-corrected chi connectivity index (χ0v) is 10.0. The lowest BCUT2D eigenvalue weighted by molar-refractivity contribution is -0.0327. The molecule has 2 nitrogen and oxygen atoms in total. The van der Waals surface area contributed by atoms with Crippen molar-refractivity contribution >= 4 is 34.7 Å². The van der Waals surface area contributed by atoms with E-state index in [1.54, 1.807) is 0 Å². The summed E-state index contributed by atoms with van der Waals surface area (Å²) in [7, 11) is 0. The lowest BCUT2D eigenvalue weighted by Gasteiger charge is -2.10. The van der Waals surface area contributed by atoms with Gasteiger partial charge in [0.2, 0.25) is 0 Å². The van der Waals surface area contributed by atoms with Crippen LogP contribution in [0.5, 0.6) is 0 Å². The molecule has 0 aliphatic heterocycles. The summed E-state index contributed by atoms with van der Waals surface area (Å²) in [5, 5.41) is 2.48. The Kier molecular flexibility index (Phi) is 4.76. The molecule has 0 heterocycles. The van der Waals surface area contributed by atoms with Crippen LogP contribution >= 0.6 is 23.4 Å². The topological polar surface area (TPSA) is 38.0 Å². The van der Waals surface area contributed by atoms with Crippen LogP contribution in [0.2, 0.25) is 5.02 Å². The third-order valence-electron chi connectivity index (χ3n) is 1.78. The molecule has 1 rings (SSSR count). The lowest BCUT2D eigenvalue weighted by atomic mass is 10.2. The minimum Gasteiger partial charge on any atom is -0.397 e. The summed E-state index contributed by atoms with van der Waals surface area (Å²) in [5.41, 5.74) is 1.67. The second kappa shape index (κ2) is 5.68. The first kappa shape index (κ1) is 14.2. The molecule has 0 bridgehead atoms. The van der Waals surface area contributed by atoms with E-state index in [4.69, 9.17) is 17.3 Å². The van der Waals surface area contributed by atoms with Crippen LogP contribution in [0.15, 0.2) is 12.1 Å². The largest absolute Gasteiger partial charge is 0.441 e. The quantitative estimate of drug-likeness (QED) is 0.504. The zero-order valence-electron chi connectivity index (χ0n) is 8.44. The molecule has 17 heavy (non-hydrogen) atoms. The Bertz CT molecular complexity index is 397. The van der Waals surface area contributed by atoms with Crippen LogP contribution in [-0.2, 0) is 0 Å². The van der Waals surface area contributed by atoms with Crippen molar-refractivity contribution in [2.75, 3.05) is 23.3 Å². The Morgan fingerprint density at radius 1 is 1.35 bits per heavy atom. The van der Waals surface area contributed by atoms with Crippen molar-refractivity contribution in [1.29, 1.82) is 0 Å². The molecule has 0 radical (unpaired) electrons. The van der Waals surface area contributed by atoms with Crippen molar-refractivity contribution in [2.45, 2.75) is 5.51 Å². The summed E-state index contributed by atoms with van der Waals surface area (Å²) in [6, 6.07) is 2.26. The summed E-state index contributed by atoms with van der Waals surface area (Å²) in [4.78, 5) is 0. The standard InChI is InChI=1S/C9H9ClF4N2S/c10-5-3-7(15)8(4-6(5)11)16-1-2-17-9(12,13)14/h3-4,16H,1-2,15H2. The Balaban J connectivity index is 2.50. The fraction of sp³-hybridized carbons (Fsp3) is 0.333. The van der Waals surface area contributed by atoms with Crippen LogP contribution in [0.25, 0.3) is 0 Å². The molecule has 0 saturated carbocycles. The molecule has 0 fully saturated rings. The van der Waals surface area contributed by atoms with E-state index in [0.717, 1.165) is 6.07 Å². The SMILES string of the molecule is Nc1cc(Cl)c(F)cc1NCCSC(F)(F)F. The molecule has 0 aromatic heterocycles. The van der Waals surface area contributed by atoms with Crippen LogP contribution < -0.4 is 11.1 Å². The summed E-state index contributed by atoms with van der Waals surface area (Å²) in [5.74, 6) is -0.862. The third-order valence-corrected chi connectivity index (χ3v) is 2.80. The average molecular weight is 289 g/mol.